The Balaban J connectivity index is 1.33. The second-order valence-corrected chi connectivity index (χ2v) is 10.1. The van der Waals surface area contributed by atoms with E-state index in [0.29, 0.717) is 33.2 Å². The molecule has 1 aliphatic rings. The van der Waals surface area contributed by atoms with E-state index in [-0.39, 0.29) is 37.7 Å². The number of halogens is 2. The second-order valence-electron chi connectivity index (χ2n) is 9.69. The summed E-state index contributed by atoms with van der Waals surface area (Å²) in [6, 6.07) is 13.6. The van der Waals surface area contributed by atoms with Gasteiger partial charge in [-0.05, 0) is 43.3 Å². The molecule has 11 nitrogen and oxygen atoms in total. The van der Waals surface area contributed by atoms with Crippen LogP contribution in [-0.2, 0) is 11.4 Å². The number of ether oxygens (including phenoxy) is 3. The number of hydrogen-bond donors (Lipinski definition) is 1. The Morgan fingerprint density at radius 1 is 1.09 bits per heavy atom. The zero-order valence-electron chi connectivity index (χ0n) is 23.4. The first-order valence-corrected chi connectivity index (χ1v) is 13.7. The highest BCUT2D eigenvalue weighted by Crippen LogP contribution is 2.36. The maximum absolute atomic E-state index is 13.3. The largest absolute Gasteiger partial charge is 0.493 e. The monoisotopic (exact) mass is 606 g/mol. The average Bonchev–Trinajstić information content (AvgIpc) is 3.00. The highest BCUT2D eigenvalue weighted by molar-refractivity contribution is 6.32. The zero-order valence-corrected chi connectivity index (χ0v) is 24.2. The van der Waals surface area contributed by atoms with E-state index in [4.69, 9.17) is 25.8 Å². The minimum Gasteiger partial charge on any atom is -0.493 e. The lowest BCUT2D eigenvalue weighted by Gasteiger charge is -2.38. The van der Waals surface area contributed by atoms with Crippen LogP contribution < -0.4 is 19.5 Å². The standard InChI is InChI=1S/C30H28ClFN6O5/c1-18-15-37(29(39)19(2)32)10-11-38(18)30(40)43-27-13-22-24(14-26(27)41-3)34-17-35-28(22)36-20-7-8-25(23(31)12-20)42-16-21-6-4-5-9-33-21/h4-9,12-14,17-18H,2,10-11,15-16H2,1,3H3,(H,34,35,36)/t18-/m1/s1. The number of piperazine rings is 1. The van der Waals surface area contributed by atoms with Crippen LogP contribution in [0.15, 0.2) is 73.5 Å². The fourth-order valence-electron chi connectivity index (χ4n) is 4.61. The molecule has 5 rings (SSSR count). The van der Waals surface area contributed by atoms with Gasteiger partial charge in [0.1, 0.15) is 24.5 Å². The van der Waals surface area contributed by atoms with Crippen molar-refractivity contribution in [3.63, 3.8) is 0 Å². The highest BCUT2D eigenvalue weighted by Gasteiger charge is 2.32. The van der Waals surface area contributed by atoms with E-state index in [9.17, 15) is 14.0 Å². The van der Waals surface area contributed by atoms with E-state index in [1.165, 1.54) is 23.2 Å². The summed E-state index contributed by atoms with van der Waals surface area (Å²) in [5.41, 5.74) is 1.96. The number of nitrogens with zero attached hydrogens (tertiary/aromatic N) is 5. The average molecular weight is 607 g/mol. The third-order valence-corrected chi connectivity index (χ3v) is 7.09. The van der Waals surface area contributed by atoms with Gasteiger partial charge in [-0.25, -0.2) is 19.2 Å². The molecule has 1 fully saturated rings. The fourth-order valence-corrected chi connectivity index (χ4v) is 4.84. The molecular formula is C30H28ClFN6O5. The molecule has 1 saturated heterocycles. The molecule has 0 unspecified atom stereocenters. The highest BCUT2D eigenvalue weighted by atomic mass is 35.5. The van der Waals surface area contributed by atoms with Crippen LogP contribution in [0.4, 0.5) is 20.7 Å². The minimum atomic E-state index is -1.04. The minimum absolute atomic E-state index is 0.142. The van der Waals surface area contributed by atoms with E-state index in [1.807, 2.05) is 18.2 Å². The van der Waals surface area contributed by atoms with Crippen molar-refractivity contribution in [2.75, 3.05) is 32.1 Å². The van der Waals surface area contributed by atoms with Gasteiger partial charge < -0.3 is 29.3 Å². The van der Waals surface area contributed by atoms with Crippen molar-refractivity contribution in [3.05, 3.63) is 84.2 Å². The Morgan fingerprint density at radius 2 is 1.93 bits per heavy atom. The van der Waals surface area contributed by atoms with Crippen LogP contribution in [0.25, 0.3) is 10.9 Å². The van der Waals surface area contributed by atoms with Gasteiger partial charge in [-0.15, -0.1) is 0 Å². The normalized spacial score (nSPS) is 14.7. The Labute approximate surface area is 251 Å². The maximum Gasteiger partial charge on any atom is 0.415 e. The number of aromatic nitrogens is 3. The number of anilines is 2. The number of hydrogen-bond acceptors (Lipinski definition) is 9. The van der Waals surface area contributed by atoms with E-state index in [2.05, 4.69) is 26.8 Å². The Hall–Kier alpha value is -4.97. The lowest BCUT2D eigenvalue weighted by Crippen LogP contribution is -2.56. The van der Waals surface area contributed by atoms with Gasteiger partial charge in [-0.2, -0.15) is 0 Å². The first-order chi connectivity index (χ1) is 20.7. The number of rotatable bonds is 8. The van der Waals surface area contributed by atoms with Crippen LogP contribution in [-0.4, -0.2) is 69.5 Å². The predicted octanol–water partition coefficient (Wildman–Crippen LogP) is 5.52. The molecule has 2 aromatic carbocycles. The van der Waals surface area contributed by atoms with Crippen LogP contribution in [0.1, 0.15) is 12.6 Å². The zero-order chi connectivity index (χ0) is 30.5. The van der Waals surface area contributed by atoms with Crippen molar-refractivity contribution in [2.45, 2.75) is 19.6 Å². The topological polar surface area (TPSA) is 119 Å². The fraction of sp³-hybridized carbons (Fsp3) is 0.233. The summed E-state index contributed by atoms with van der Waals surface area (Å²) >= 11 is 6.49. The van der Waals surface area contributed by atoms with Gasteiger partial charge >= 0.3 is 6.09 Å². The van der Waals surface area contributed by atoms with Crippen molar-refractivity contribution in [1.82, 2.24) is 24.8 Å². The van der Waals surface area contributed by atoms with Crippen LogP contribution >= 0.6 is 11.6 Å². The summed E-state index contributed by atoms with van der Waals surface area (Å²) in [5.74, 6) is -0.449. The summed E-state index contributed by atoms with van der Waals surface area (Å²) < 4.78 is 30.3. The number of nitrogens with one attached hydrogen (secondary N) is 1. The second kappa shape index (κ2) is 12.9. The molecular weight excluding hydrogens is 579 g/mol. The number of methoxy groups -OCH3 is 1. The third kappa shape index (κ3) is 6.75. The quantitative estimate of drug-likeness (QED) is 0.258. The van der Waals surface area contributed by atoms with Crippen molar-refractivity contribution in [3.8, 4) is 17.2 Å². The molecule has 3 heterocycles. The van der Waals surface area contributed by atoms with E-state index in [1.54, 1.807) is 43.5 Å². The van der Waals surface area contributed by atoms with Crippen LogP contribution in [0.3, 0.4) is 0 Å². The molecule has 0 radical (unpaired) electrons. The summed E-state index contributed by atoms with van der Waals surface area (Å²) in [7, 11) is 1.45. The third-order valence-electron chi connectivity index (χ3n) is 6.80. The van der Waals surface area contributed by atoms with Crippen LogP contribution in [0.5, 0.6) is 17.2 Å². The maximum atomic E-state index is 13.3. The summed E-state index contributed by atoms with van der Waals surface area (Å²) in [6.07, 6.45) is 2.45. The molecule has 0 bridgehead atoms. The van der Waals surface area contributed by atoms with E-state index in [0.717, 1.165) is 5.69 Å². The lowest BCUT2D eigenvalue weighted by molar-refractivity contribution is -0.131. The number of carbonyl (C=O) groups excluding carboxylic acids is 2. The number of pyridine rings is 1. The molecule has 222 valence electrons. The van der Waals surface area contributed by atoms with Gasteiger partial charge in [0, 0.05) is 49.0 Å². The van der Waals surface area contributed by atoms with Crippen LogP contribution in [0, 0.1) is 0 Å². The predicted molar refractivity (Wildman–Crippen MR) is 158 cm³/mol. The molecule has 0 spiro atoms. The molecule has 1 aliphatic heterocycles. The molecule has 2 amide bonds. The molecule has 1 N–H and O–H groups in total. The van der Waals surface area contributed by atoms with Gasteiger partial charge in [-0.1, -0.05) is 24.2 Å². The van der Waals surface area contributed by atoms with Crippen molar-refractivity contribution < 1.29 is 28.2 Å². The Morgan fingerprint density at radius 3 is 2.63 bits per heavy atom. The van der Waals surface area contributed by atoms with E-state index >= 15 is 0 Å². The summed E-state index contributed by atoms with van der Waals surface area (Å²) in [4.78, 5) is 40.8. The molecule has 0 saturated carbocycles. The molecule has 43 heavy (non-hydrogen) atoms. The molecule has 13 heteroatoms. The Bertz CT molecular complexity index is 1670. The number of fused-ring (bicyclic) bond motifs is 1. The van der Waals surface area contributed by atoms with E-state index < -0.39 is 23.9 Å². The van der Waals surface area contributed by atoms with Gasteiger partial charge in [0.2, 0.25) is 0 Å². The first-order valence-electron chi connectivity index (χ1n) is 13.3. The van der Waals surface area contributed by atoms with Crippen molar-refractivity contribution in [1.29, 1.82) is 0 Å². The SMILES string of the molecule is C=C(F)C(=O)N1CCN(C(=O)Oc2cc3c(Nc4ccc(OCc5ccccn5)c(Cl)c4)ncnc3cc2OC)[C@H](C)C1. The molecule has 2 aromatic heterocycles. The first kappa shape index (κ1) is 29.5. The Kier molecular flexibility index (Phi) is 8.86. The summed E-state index contributed by atoms with van der Waals surface area (Å²) in [5, 5.41) is 4.18. The van der Waals surface area contributed by atoms with Crippen molar-refractivity contribution in [2.24, 2.45) is 0 Å². The molecule has 1 atom stereocenters. The smallest absolute Gasteiger partial charge is 0.415 e. The van der Waals surface area contributed by atoms with Crippen molar-refractivity contribution >= 4 is 46.0 Å². The number of benzene rings is 2. The lowest BCUT2D eigenvalue weighted by atomic mass is 10.2. The van der Waals surface area contributed by atoms with Gasteiger partial charge in [0.25, 0.3) is 5.91 Å². The molecule has 4 aromatic rings. The molecule has 0 aliphatic carbocycles. The van der Waals surface area contributed by atoms with Gasteiger partial charge in [0.15, 0.2) is 17.3 Å². The number of carbonyl (C=O) groups is 2. The van der Waals surface area contributed by atoms with Gasteiger partial charge in [-0.3, -0.25) is 9.78 Å². The summed E-state index contributed by atoms with van der Waals surface area (Å²) in [6.45, 7) is 5.53. The van der Waals surface area contributed by atoms with Crippen LogP contribution in [0.2, 0.25) is 5.02 Å². The number of amides is 2. The van der Waals surface area contributed by atoms with Gasteiger partial charge in [0.05, 0.1) is 23.3 Å².